The van der Waals surface area contributed by atoms with Crippen LogP contribution in [0.4, 0.5) is 4.39 Å². The topological polar surface area (TPSA) is 40.8 Å². The van der Waals surface area contributed by atoms with Crippen LogP contribution in [0.1, 0.15) is 30.2 Å². The summed E-state index contributed by atoms with van der Waals surface area (Å²) in [4.78, 5) is 7.90. The van der Waals surface area contributed by atoms with Gasteiger partial charge in [0.2, 0.25) is 0 Å². The number of aliphatic hydroxyl groups excluding tert-OH is 1. The monoisotopic (exact) mass is 331 g/mol. The number of thiazole rings is 1. The van der Waals surface area contributed by atoms with E-state index in [4.69, 9.17) is 0 Å². The highest BCUT2D eigenvalue weighted by atomic mass is 32.1. The summed E-state index contributed by atoms with van der Waals surface area (Å²) in [6.07, 6.45) is 5.77. The van der Waals surface area contributed by atoms with E-state index in [1.54, 1.807) is 23.5 Å². The molecule has 0 amide bonds. The molecule has 120 valence electrons. The van der Waals surface area contributed by atoms with Gasteiger partial charge in [-0.1, -0.05) is 12.1 Å². The minimum absolute atomic E-state index is 0.280. The third-order valence-corrected chi connectivity index (χ3v) is 5.00. The van der Waals surface area contributed by atoms with E-state index < -0.39 is 6.10 Å². The number of fused-ring (bicyclic) bond motifs is 1. The van der Waals surface area contributed by atoms with Crippen molar-refractivity contribution in [2.24, 2.45) is 0 Å². The minimum atomic E-state index is -0.611. The van der Waals surface area contributed by atoms with Gasteiger partial charge in [0, 0.05) is 36.9 Å². The van der Waals surface area contributed by atoms with Gasteiger partial charge in [-0.2, -0.15) is 0 Å². The molecule has 1 atom stereocenters. The molecular weight excluding hydrogens is 313 g/mol. The van der Waals surface area contributed by atoms with Crippen molar-refractivity contribution >= 4 is 16.3 Å². The van der Waals surface area contributed by atoms with E-state index in [9.17, 15) is 9.50 Å². The van der Waals surface area contributed by atoms with Crippen molar-refractivity contribution < 1.29 is 9.50 Å². The summed E-state index contributed by atoms with van der Waals surface area (Å²) in [6.45, 7) is 1.28. The maximum atomic E-state index is 13.0. The molecule has 1 N–H and O–H groups in total. The number of hydrogen-bond acceptors (Lipinski definition) is 4. The van der Waals surface area contributed by atoms with Crippen LogP contribution in [-0.2, 0) is 6.54 Å². The molecule has 0 radical (unpaired) electrons. The van der Waals surface area contributed by atoms with Crippen LogP contribution in [0.3, 0.4) is 0 Å². The Bertz CT molecular complexity index is 765. The fraction of sp³-hybridized carbons (Fsp3) is 0.353. The Morgan fingerprint density at radius 1 is 1.35 bits per heavy atom. The van der Waals surface area contributed by atoms with Gasteiger partial charge in [-0.15, -0.1) is 11.3 Å². The molecule has 1 aliphatic carbocycles. The van der Waals surface area contributed by atoms with Gasteiger partial charge in [0.25, 0.3) is 0 Å². The second kappa shape index (κ2) is 6.03. The predicted octanol–water partition coefficient (Wildman–Crippen LogP) is 3.23. The lowest BCUT2D eigenvalue weighted by molar-refractivity contribution is 0.104. The van der Waals surface area contributed by atoms with Gasteiger partial charge in [-0.25, -0.2) is 9.37 Å². The standard InChI is InChI=1S/C17H18FN3OS/c18-13-3-1-12(2-4-13)16(22)11-21(15-5-6-15)10-14-9-20-7-8-23-17(20)19-14/h1-4,7-9,15-16,22H,5-6,10-11H2. The smallest absolute Gasteiger partial charge is 0.193 e. The third-order valence-electron chi connectivity index (χ3n) is 4.23. The summed E-state index contributed by atoms with van der Waals surface area (Å²) in [7, 11) is 0. The first-order chi connectivity index (χ1) is 11.2. The van der Waals surface area contributed by atoms with Gasteiger partial charge < -0.3 is 5.11 Å². The molecule has 0 saturated heterocycles. The normalized spacial score (nSPS) is 16.3. The molecule has 23 heavy (non-hydrogen) atoms. The van der Waals surface area contributed by atoms with Crippen molar-refractivity contribution in [3.8, 4) is 0 Å². The Hall–Kier alpha value is -1.76. The van der Waals surface area contributed by atoms with E-state index in [0.29, 0.717) is 12.6 Å². The summed E-state index contributed by atoms with van der Waals surface area (Å²) < 4.78 is 15.0. The maximum Gasteiger partial charge on any atom is 0.193 e. The molecule has 1 fully saturated rings. The van der Waals surface area contributed by atoms with Crippen LogP contribution < -0.4 is 0 Å². The van der Waals surface area contributed by atoms with Crippen LogP contribution in [0.25, 0.3) is 4.96 Å². The van der Waals surface area contributed by atoms with E-state index in [2.05, 4.69) is 9.88 Å². The van der Waals surface area contributed by atoms with Crippen molar-refractivity contribution in [2.75, 3.05) is 6.54 Å². The highest BCUT2D eigenvalue weighted by Gasteiger charge is 2.31. The van der Waals surface area contributed by atoms with Crippen molar-refractivity contribution in [3.63, 3.8) is 0 Å². The highest BCUT2D eigenvalue weighted by Crippen LogP contribution is 2.30. The van der Waals surface area contributed by atoms with Gasteiger partial charge >= 0.3 is 0 Å². The molecule has 0 bridgehead atoms. The number of benzene rings is 1. The average molecular weight is 331 g/mol. The Kier molecular flexibility index (Phi) is 3.88. The van der Waals surface area contributed by atoms with Gasteiger partial charge in [0.1, 0.15) is 5.82 Å². The Balaban J connectivity index is 1.47. The Labute approximate surface area is 137 Å². The summed E-state index contributed by atoms with van der Waals surface area (Å²) in [5.74, 6) is -0.280. The van der Waals surface area contributed by atoms with Crippen molar-refractivity contribution in [2.45, 2.75) is 31.5 Å². The van der Waals surface area contributed by atoms with E-state index in [-0.39, 0.29) is 5.82 Å². The molecule has 2 aromatic heterocycles. The number of hydrogen-bond donors (Lipinski definition) is 1. The number of nitrogens with zero attached hydrogens (tertiary/aromatic N) is 3. The lowest BCUT2D eigenvalue weighted by Gasteiger charge is -2.24. The lowest BCUT2D eigenvalue weighted by Crippen LogP contribution is -2.30. The van der Waals surface area contributed by atoms with Gasteiger partial charge in [-0.05, 0) is 30.5 Å². The zero-order chi connectivity index (χ0) is 15.8. The third kappa shape index (κ3) is 3.29. The average Bonchev–Trinajstić information content (AvgIpc) is 3.18. The Morgan fingerprint density at radius 3 is 2.83 bits per heavy atom. The molecule has 0 spiro atoms. The van der Waals surface area contributed by atoms with Crippen LogP contribution in [0.2, 0.25) is 0 Å². The predicted molar refractivity (Wildman–Crippen MR) is 87.9 cm³/mol. The summed E-state index contributed by atoms with van der Waals surface area (Å²) in [6, 6.07) is 6.60. The summed E-state index contributed by atoms with van der Waals surface area (Å²) in [5.41, 5.74) is 1.78. The molecule has 1 aliphatic rings. The van der Waals surface area contributed by atoms with Gasteiger partial charge in [-0.3, -0.25) is 9.30 Å². The fourth-order valence-electron chi connectivity index (χ4n) is 2.86. The molecule has 1 aromatic carbocycles. The van der Waals surface area contributed by atoms with E-state index in [0.717, 1.165) is 22.8 Å². The summed E-state index contributed by atoms with van der Waals surface area (Å²) >= 11 is 1.62. The summed E-state index contributed by atoms with van der Waals surface area (Å²) in [5, 5.41) is 12.5. The molecular formula is C17H18FN3OS. The number of aliphatic hydroxyl groups is 1. The number of halogens is 1. The van der Waals surface area contributed by atoms with Crippen LogP contribution in [0, 0.1) is 5.82 Å². The van der Waals surface area contributed by atoms with Gasteiger partial charge in [0.05, 0.1) is 11.8 Å². The SMILES string of the molecule is OC(CN(Cc1cn2ccsc2n1)C1CC1)c1ccc(F)cc1. The molecule has 2 heterocycles. The minimum Gasteiger partial charge on any atom is -0.387 e. The van der Waals surface area contributed by atoms with E-state index in [1.807, 2.05) is 22.2 Å². The first-order valence-corrected chi connectivity index (χ1v) is 8.65. The zero-order valence-electron chi connectivity index (χ0n) is 12.6. The van der Waals surface area contributed by atoms with Crippen LogP contribution >= 0.6 is 11.3 Å². The highest BCUT2D eigenvalue weighted by molar-refractivity contribution is 7.15. The maximum absolute atomic E-state index is 13.0. The largest absolute Gasteiger partial charge is 0.387 e. The van der Waals surface area contributed by atoms with Crippen LogP contribution in [-0.4, -0.2) is 32.0 Å². The van der Waals surface area contributed by atoms with Crippen molar-refractivity contribution in [3.05, 3.63) is 59.1 Å². The first-order valence-electron chi connectivity index (χ1n) is 7.78. The second-order valence-corrected chi connectivity index (χ2v) is 6.93. The first kappa shape index (κ1) is 14.8. The zero-order valence-corrected chi connectivity index (χ0v) is 13.4. The number of aromatic nitrogens is 2. The molecule has 0 aliphatic heterocycles. The quantitative estimate of drug-likeness (QED) is 0.754. The van der Waals surface area contributed by atoms with Crippen LogP contribution in [0.15, 0.2) is 42.0 Å². The molecule has 6 heteroatoms. The van der Waals surface area contributed by atoms with Crippen LogP contribution in [0.5, 0.6) is 0 Å². The molecule has 3 aromatic rings. The second-order valence-electron chi connectivity index (χ2n) is 6.05. The van der Waals surface area contributed by atoms with Crippen molar-refractivity contribution in [1.29, 1.82) is 0 Å². The lowest BCUT2D eigenvalue weighted by atomic mass is 10.1. The van der Waals surface area contributed by atoms with Gasteiger partial charge in [0.15, 0.2) is 4.96 Å². The Morgan fingerprint density at radius 2 is 2.13 bits per heavy atom. The molecule has 1 unspecified atom stereocenters. The molecule has 4 rings (SSSR count). The fourth-order valence-corrected chi connectivity index (χ4v) is 3.57. The van der Waals surface area contributed by atoms with E-state index >= 15 is 0 Å². The number of imidazole rings is 1. The van der Waals surface area contributed by atoms with E-state index in [1.165, 1.54) is 25.0 Å². The number of rotatable bonds is 6. The molecule has 4 nitrogen and oxygen atoms in total. The van der Waals surface area contributed by atoms with Crippen molar-refractivity contribution in [1.82, 2.24) is 14.3 Å². The molecule has 1 saturated carbocycles.